The molecule has 1 heterocycles. The first-order chi connectivity index (χ1) is 9.27. The molecule has 2 rings (SSSR count). The van der Waals surface area contributed by atoms with Crippen LogP contribution in [0.4, 0.5) is 10.1 Å². The number of benzene rings is 1. The maximum Gasteiger partial charge on any atom is 0.219 e. The summed E-state index contributed by atoms with van der Waals surface area (Å²) in [6.07, 6.45) is 0.311. The highest BCUT2D eigenvalue weighted by atomic mass is 79.9. The van der Waals surface area contributed by atoms with Gasteiger partial charge in [0, 0.05) is 10.0 Å². The Morgan fingerprint density at radius 2 is 2.25 bits per heavy atom. The lowest BCUT2D eigenvalue weighted by Crippen LogP contribution is -2.50. The van der Waals surface area contributed by atoms with Crippen LogP contribution in [0.3, 0.4) is 0 Å². The van der Waals surface area contributed by atoms with Gasteiger partial charge >= 0.3 is 0 Å². The van der Waals surface area contributed by atoms with Crippen molar-refractivity contribution in [2.24, 2.45) is 0 Å². The number of hydrogen-bond acceptors (Lipinski definition) is 4. The number of carbonyl (C=O) groups is 2. The summed E-state index contributed by atoms with van der Waals surface area (Å²) in [5.74, 6) is -1.08. The third-order valence-electron chi connectivity index (χ3n) is 3.39. The van der Waals surface area contributed by atoms with Crippen molar-refractivity contribution in [3.63, 3.8) is 0 Å². The van der Waals surface area contributed by atoms with Crippen LogP contribution in [0.5, 0.6) is 0 Å². The summed E-state index contributed by atoms with van der Waals surface area (Å²) in [4.78, 5) is 24.5. The number of rotatable bonds is 3. The molecule has 108 valence electrons. The number of aldehydes is 1. The predicted octanol–water partition coefficient (Wildman–Crippen LogP) is 2.52. The maximum atomic E-state index is 13.4. The Hall–Kier alpha value is -0.980. The molecule has 1 aromatic rings. The second-order valence-corrected chi connectivity index (χ2v) is 6.43. The summed E-state index contributed by atoms with van der Waals surface area (Å²) in [6, 6.07) is 2.01. The van der Waals surface area contributed by atoms with Crippen LogP contribution in [0.1, 0.15) is 13.8 Å². The Kier molecular flexibility index (Phi) is 4.18. The topological polar surface area (TPSA) is 49.4 Å². The Bertz CT molecular complexity index is 580. The molecule has 0 amide bonds. The first-order valence-electron chi connectivity index (χ1n) is 5.93. The van der Waals surface area contributed by atoms with E-state index in [2.05, 4.69) is 21.2 Å². The largest absolute Gasteiger partial charge is 0.345 e. The fraction of sp³-hybridized carbons (Fsp3) is 0.385. The molecule has 20 heavy (non-hydrogen) atoms. The lowest BCUT2D eigenvalue weighted by atomic mass is 9.92. The lowest BCUT2D eigenvalue weighted by molar-refractivity contribution is -0.131. The zero-order valence-corrected chi connectivity index (χ0v) is 13.3. The van der Waals surface area contributed by atoms with E-state index in [-0.39, 0.29) is 5.02 Å². The number of Topliss-reactive ketones (excluding diaryl/α,β-unsaturated/α-hetero) is 1. The van der Waals surface area contributed by atoms with Crippen LogP contribution < -0.4 is 10.2 Å². The number of nitrogens with one attached hydrogen (secondary N) is 1. The smallest absolute Gasteiger partial charge is 0.219 e. The van der Waals surface area contributed by atoms with Gasteiger partial charge in [-0.3, -0.25) is 14.9 Å². The zero-order chi connectivity index (χ0) is 15.1. The zero-order valence-electron chi connectivity index (χ0n) is 10.9. The normalized spacial score (nSPS) is 21.1. The van der Waals surface area contributed by atoms with Crippen molar-refractivity contribution in [1.29, 1.82) is 0 Å². The molecule has 1 aromatic carbocycles. The highest BCUT2D eigenvalue weighted by Gasteiger charge is 2.45. The van der Waals surface area contributed by atoms with Crippen LogP contribution in [0.2, 0.25) is 5.02 Å². The fourth-order valence-electron chi connectivity index (χ4n) is 2.40. The van der Waals surface area contributed by atoms with E-state index in [1.165, 1.54) is 12.1 Å². The molecular weight excluding hydrogens is 351 g/mol. The summed E-state index contributed by atoms with van der Waals surface area (Å²) >= 11 is 9.06. The van der Waals surface area contributed by atoms with E-state index >= 15 is 0 Å². The second-order valence-electron chi connectivity index (χ2n) is 5.17. The van der Waals surface area contributed by atoms with E-state index in [1.54, 1.807) is 4.90 Å². The van der Waals surface area contributed by atoms with Crippen LogP contribution in [0, 0.1) is 5.82 Å². The van der Waals surface area contributed by atoms with Gasteiger partial charge in [-0.1, -0.05) is 11.6 Å². The second kappa shape index (κ2) is 5.42. The van der Waals surface area contributed by atoms with Crippen molar-refractivity contribution in [2.45, 2.75) is 25.4 Å². The van der Waals surface area contributed by atoms with E-state index < -0.39 is 23.2 Å². The summed E-state index contributed by atoms with van der Waals surface area (Å²) in [6.45, 7) is 4.02. The molecule has 1 fully saturated rings. The highest BCUT2D eigenvalue weighted by molar-refractivity contribution is 9.10. The molecule has 4 nitrogen and oxygen atoms in total. The van der Waals surface area contributed by atoms with Gasteiger partial charge in [0.05, 0.1) is 17.4 Å². The monoisotopic (exact) mass is 362 g/mol. The molecule has 0 bridgehead atoms. The first-order valence-corrected chi connectivity index (χ1v) is 7.10. The molecule has 1 aliphatic heterocycles. The van der Waals surface area contributed by atoms with Crippen molar-refractivity contribution in [1.82, 2.24) is 5.32 Å². The Balaban J connectivity index is 2.49. The lowest BCUT2D eigenvalue weighted by Gasteiger charge is -2.30. The average molecular weight is 364 g/mol. The standard InChI is InChI=1S/C13H13BrClFN2O2/c1-13(2)12(11(20)5-19)18(6-17-13)10-4-8(15)9(16)3-7(10)14/h3-5,12,17H,6H2,1-2H3. The molecule has 0 spiro atoms. The number of hydrogen-bond donors (Lipinski definition) is 1. The SMILES string of the molecule is CC1(C)NCN(c2cc(Cl)c(F)cc2Br)C1C(=O)C=O. The number of anilines is 1. The molecule has 0 radical (unpaired) electrons. The third kappa shape index (κ3) is 2.60. The van der Waals surface area contributed by atoms with Crippen LogP contribution >= 0.6 is 27.5 Å². The molecule has 0 aromatic heterocycles. The van der Waals surface area contributed by atoms with Crippen molar-refractivity contribution in [3.05, 3.63) is 27.4 Å². The molecule has 1 N–H and O–H groups in total. The summed E-state index contributed by atoms with van der Waals surface area (Å²) in [5, 5.41) is 3.12. The van der Waals surface area contributed by atoms with Gasteiger partial charge < -0.3 is 4.90 Å². The van der Waals surface area contributed by atoms with Crippen LogP contribution in [0.15, 0.2) is 16.6 Å². The number of nitrogens with zero attached hydrogens (tertiary/aromatic N) is 1. The van der Waals surface area contributed by atoms with Gasteiger partial charge in [-0.05, 0) is 41.9 Å². The van der Waals surface area contributed by atoms with Gasteiger partial charge in [-0.15, -0.1) is 0 Å². The Labute approximate surface area is 129 Å². The van der Waals surface area contributed by atoms with E-state index in [0.29, 0.717) is 23.1 Å². The molecule has 0 saturated carbocycles. The number of carbonyl (C=O) groups excluding carboxylic acids is 2. The maximum absolute atomic E-state index is 13.4. The van der Waals surface area contributed by atoms with E-state index in [4.69, 9.17) is 11.6 Å². The minimum absolute atomic E-state index is 0.0368. The molecule has 1 saturated heterocycles. The van der Waals surface area contributed by atoms with Crippen molar-refractivity contribution >= 4 is 45.3 Å². The summed E-state index contributed by atoms with van der Waals surface area (Å²) < 4.78 is 13.9. The first kappa shape index (κ1) is 15.4. The number of halogens is 3. The molecule has 7 heteroatoms. The molecule has 1 aliphatic rings. The minimum atomic E-state index is -0.669. The molecule has 1 atom stereocenters. The van der Waals surface area contributed by atoms with Crippen molar-refractivity contribution in [2.75, 3.05) is 11.6 Å². The summed E-state index contributed by atoms with van der Waals surface area (Å²) in [7, 11) is 0. The Morgan fingerprint density at radius 3 is 2.85 bits per heavy atom. The van der Waals surface area contributed by atoms with Gasteiger partial charge in [0.1, 0.15) is 11.9 Å². The molecule has 0 aliphatic carbocycles. The molecular formula is C13H13BrClFN2O2. The van der Waals surface area contributed by atoms with Crippen LogP contribution in [-0.4, -0.2) is 30.3 Å². The van der Waals surface area contributed by atoms with Gasteiger partial charge in [-0.2, -0.15) is 0 Å². The van der Waals surface area contributed by atoms with Crippen LogP contribution in [0.25, 0.3) is 0 Å². The fourth-order valence-corrected chi connectivity index (χ4v) is 3.10. The van der Waals surface area contributed by atoms with Gasteiger partial charge in [0.15, 0.2) is 6.29 Å². The molecule has 1 unspecified atom stereocenters. The average Bonchev–Trinajstić information content (AvgIpc) is 2.68. The quantitative estimate of drug-likeness (QED) is 0.509. The van der Waals surface area contributed by atoms with Gasteiger partial charge in [0.2, 0.25) is 5.78 Å². The predicted molar refractivity (Wildman–Crippen MR) is 78.5 cm³/mol. The van der Waals surface area contributed by atoms with E-state index in [0.717, 1.165) is 0 Å². The number of ketones is 1. The third-order valence-corrected chi connectivity index (χ3v) is 4.31. The van der Waals surface area contributed by atoms with E-state index in [1.807, 2.05) is 13.8 Å². The highest BCUT2D eigenvalue weighted by Crippen LogP contribution is 2.36. The van der Waals surface area contributed by atoms with Crippen molar-refractivity contribution in [3.8, 4) is 0 Å². The summed E-state index contributed by atoms with van der Waals surface area (Å²) in [5.41, 5.74) is -0.00662. The van der Waals surface area contributed by atoms with Crippen molar-refractivity contribution < 1.29 is 14.0 Å². The van der Waals surface area contributed by atoms with Crippen LogP contribution in [-0.2, 0) is 9.59 Å². The van der Waals surface area contributed by atoms with Gasteiger partial charge in [0.25, 0.3) is 0 Å². The van der Waals surface area contributed by atoms with E-state index in [9.17, 15) is 14.0 Å². The minimum Gasteiger partial charge on any atom is -0.345 e. The van der Waals surface area contributed by atoms with Gasteiger partial charge in [-0.25, -0.2) is 4.39 Å². The Morgan fingerprint density at radius 1 is 1.60 bits per heavy atom.